The molecule has 6 nitrogen and oxygen atoms in total. The number of carbonyl (C=O) groups is 1. The maximum absolute atomic E-state index is 12.5. The quantitative estimate of drug-likeness (QED) is 0.810. The van der Waals surface area contributed by atoms with E-state index < -0.39 is 10.0 Å². The van der Waals surface area contributed by atoms with Gasteiger partial charge in [-0.05, 0) is 18.2 Å². The van der Waals surface area contributed by atoms with Crippen LogP contribution in [0.25, 0.3) is 0 Å². The highest BCUT2D eigenvalue weighted by molar-refractivity contribution is 7.89. The summed E-state index contributed by atoms with van der Waals surface area (Å²) in [6.07, 6.45) is 0. The number of hydrogen-bond acceptors (Lipinski definition) is 4. The molecule has 1 heterocycles. The molecule has 0 bridgehead atoms. The predicted molar refractivity (Wildman–Crippen MR) is 74.0 cm³/mol. The van der Waals surface area contributed by atoms with Gasteiger partial charge in [-0.25, -0.2) is 8.42 Å². The first-order valence-corrected chi connectivity index (χ1v) is 7.76. The van der Waals surface area contributed by atoms with Crippen molar-refractivity contribution in [1.82, 2.24) is 9.21 Å². The maximum Gasteiger partial charge on any atom is 0.253 e. The zero-order chi connectivity index (χ0) is 14.8. The Morgan fingerprint density at radius 2 is 1.90 bits per heavy atom. The van der Waals surface area contributed by atoms with Crippen LogP contribution in [-0.2, 0) is 14.8 Å². The van der Waals surface area contributed by atoms with Gasteiger partial charge in [0, 0.05) is 32.7 Å². The summed E-state index contributed by atoms with van der Waals surface area (Å²) < 4.78 is 31.5. The Kier molecular flexibility index (Phi) is 4.42. The lowest BCUT2D eigenvalue weighted by Gasteiger charge is -2.26. The van der Waals surface area contributed by atoms with Crippen LogP contribution in [0.1, 0.15) is 10.4 Å². The summed E-state index contributed by atoms with van der Waals surface area (Å²) in [7, 11) is -0.300. The van der Waals surface area contributed by atoms with E-state index in [1.807, 2.05) is 0 Å². The van der Waals surface area contributed by atoms with Crippen molar-refractivity contribution in [3.8, 4) is 0 Å². The molecule has 0 N–H and O–H groups in total. The van der Waals surface area contributed by atoms with Crippen LogP contribution in [0.3, 0.4) is 0 Å². The lowest BCUT2D eigenvalue weighted by molar-refractivity contribution is 0.0730. The van der Waals surface area contributed by atoms with E-state index in [4.69, 9.17) is 4.74 Å². The van der Waals surface area contributed by atoms with Crippen molar-refractivity contribution < 1.29 is 17.9 Å². The summed E-state index contributed by atoms with van der Waals surface area (Å²) in [5, 5.41) is 0. The van der Waals surface area contributed by atoms with Crippen molar-refractivity contribution in [2.24, 2.45) is 0 Å². The van der Waals surface area contributed by atoms with Gasteiger partial charge >= 0.3 is 0 Å². The van der Waals surface area contributed by atoms with E-state index in [0.29, 0.717) is 31.9 Å². The monoisotopic (exact) mass is 298 g/mol. The number of amides is 1. The minimum absolute atomic E-state index is 0.145. The molecule has 1 aliphatic rings. The molecule has 0 atom stereocenters. The molecule has 1 fully saturated rings. The fraction of sp³-hybridized carbons (Fsp3) is 0.462. The van der Waals surface area contributed by atoms with Gasteiger partial charge in [-0.2, -0.15) is 4.31 Å². The van der Waals surface area contributed by atoms with Crippen LogP contribution in [-0.4, -0.2) is 63.9 Å². The Hall–Kier alpha value is -1.44. The number of benzene rings is 1. The maximum atomic E-state index is 12.5. The first-order valence-electron chi connectivity index (χ1n) is 6.32. The Morgan fingerprint density at radius 3 is 2.50 bits per heavy atom. The van der Waals surface area contributed by atoms with E-state index in [2.05, 4.69) is 0 Å². The lowest BCUT2D eigenvalue weighted by Crippen LogP contribution is -2.40. The molecule has 20 heavy (non-hydrogen) atoms. The molecule has 7 heteroatoms. The molecular formula is C13H18N2O4S. The Morgan fingerprint density at radius 1 is 1.25 bits per heavy atom. The molecule has 1 aliphatic heterocycles. The molecule has 1 aromatic rings. The lowest BCUT2D eigenvalue weighted by atomic mass is 10.2. The second kappa shape index (κ2) is 5.90. The van der Waals surface area contributed by atoms with Gasteiger partial charge in [-0.1, -0.05) is 6.07 Å². The molecule has 1 saturated heterocycles. The van der Waals surface area contributed by atoms with Crippen molar-refractivity contribution in [1.29, 1.82) is 0 Å². The molecule has 0 aliphatic carbocycles. The average molecular weight is 298 g/mol. The van der Waals surface area contributed by atoms with Crippen LogP contribution in [0.5, 0.6) is 0 Å². The summed E-state index contributed by atoms with van der Waals surface area (Å²) in [6.45, 7) is 1.48. The zero-order valence-corrected chi connectivity index (χ0v) is 12.4. The van der Waals surface area contributed by atoms with Crippen LogP contribution in [0, 0.1) is 0 Å². The van der Waals surface area contributed by atoms with Gasteiger partial charge in [0.05, 0.1) is 18.1 Å². The minimum Gasteiger partial charge on any atom is -0.379 e. The molecular weight excluding hydrogens is 280 g/mol. The molecule has 0 aromatic heterocycles. The molecule has 0 saturated carbocycles. The number of ether oxygens (including phenoxy) is 1. The number of nitrogens with zero attached hydrogens (tertiary/aromatic N) is 2. The summed E-state index contributed by atoms with van der Waals surface area (Å²) >= 11 is 0. The SMILES string of the molecule is CN(C)C(=O)c1cccc(S(=O)(=O)N2CCOCC2)c1. The molecule has 2 rings (SSSR count). The standard InChI is InChI=1S/C13H18N2O4S/c1-14(2)13(16)11-4-3-5-12(10-11)20(17,18)15-6-8-19-9-7-15/h3-5,10H,6-9H2,1-2H3. The summed E-state index contributed by atoms with van der Waals surface area (Å²) in [5.74, 6) is -0.218. The fourth-order valence-corrected chi connectivity index (χ4v) is 3.44. The third-order valence-electron chi connectivity index (χ3n) is 3.09. The van der Waals surface area contributed by atoms with Crippen molar-refractivity contribution in [2.75, 3.05) is 40.4 Å². The van der Waals surface area contributed by atoms with Crippen LogP contribution >= 0.6 is 0 Å². The molecule has 0 spiro atoms. The van der Waals surface area contributed by atoms with E-state index in [-0.39, 0.29) is 10.8 Å². The van der Waals surface area contributed by atoms with Crippen molar-refractivity contribution in [2.45, 2.75) is 4.90 Å². The summed E-state index contributed by atoms with van der Waals surface area (Å²) in [4.78, 5) is 13.5. The van der Waals surface area contributed by atoms with E-state index >= 15 is 0 Å². The molecule has 0 radical (unpaired) electrons. The number of hydrogen-bond donors (Lipinski definition) is 0. The number of carbonyl (C=O) groups excluding carboxylic acids is 1. The third kappa shape index (κ3) is 3.00. The fourth-order valence-electron chi connectivity index (χ4n) is 1.98. The zero-order valence-electron chi connectivity index (χ0n) is 11.6. The van der Waals surface area contributed by atoms with E-state index in [0.717, 1.165) is 0 Å². The van der Waals surface area contributed by atoms with E-state index in [1.54, 1.807) is 26.2 Å². The van der Waals surface area contributed by atoms with Crippen LogP contribution in [0.15, 0.2) is 29.2 Å². The van der Waals surface area contributed by atoms with Crippen LogP contribution in [0.2, 0.25) is 0 Å². The highest BCUT2D eigenvalue weighted by Gasteiger charge is 2.26. The Balaban J connectivity index is 2.32. The first-order chi connectivity index (χ1) is 9.43. The number of morpholine rings is 1. The topological polar surface area (TPSA) is 66.9 Å². The highest BCUT2D eigenvalue weighted by atomic mass is 32.2. The van der Waals surface area contributed by atoms with E-state index in [9.17, 15) is 13.2 Å². The predicted octanol–water partition coefficient (Wildman–Crippen LogP) is 0.409. The average Bonchev–Trinajstić information content (AvgIpc) is 2.47. The Labute approximate surface area is 119 Å². The highest BCUT2D eigenvalue weighted by Crippen LogP contribution is 2.18. The smallest absolute Gasteiger partial charge is 0.253 e. The first kappa shape index (κ1) is 15.0. The number of sulfonamides is 1. The van der Waals surface area contributed by atoms with Crippen LogP contribution in [0.4, 0.5) is 0 Å². The summed E-state index contributed by atoms with van der Waals surface area (Å²) in [5.41, 5.74) is 0.365. The van der Waals surface area contributed by atoms with Gasteiger partial charge < -0.3 is 9.64 Å². The Bertz CT molecular complexity index is 592. The van der Waals surface area contributed by atoms with Crippen molar-refractivity contribution >= 4 is 15.9 Å². The third-order valence-corrected chi connectivity index (χ3v) is 4.99. The van der Waals surface area contributed by atoms with Crippen molar-refractivity contribution in [3.05, 3.63) is 29.8 Å². The molecule has 110 valence electrons. The minimum atomic E-state index is -3.56. The number of rotatable bonds is 3. The van der Waals surface area contributed by atoms with Crippen molar-refractivity contribution in [3.63, 3.8) is 0 Å². The molecule has 1 amide bonds. The molecule has 0 unspecified atom stereocenters. The van der Waals surface area contributed by atoms with Gasteiger partial charge in [0.15, 0.2) is 0 Å². The van der Waals surface area contributed by atoms with Crippen LogP contribution < -0.4 is 0 Å². The normalized spacial score (nSPS) is 16.9. The van der Waals surface area contributed by atoms with Gasteiger partial charge in [-0.3, -0.25) is 4.79 Å². The van der Waals surface area contributed by atoms with Gasteiger partial charge in [0.1, 0.15) is 0 Å². The second-order valence-electron chi connectivity index (χ2n) is 4.74. The van der Waals surface area contributed by atoms with Gasteiger partial charge in [0.2, 0.25) is 10.0 Å². The van der Waals surface area contributed by atoms with Gasteiger partial charge in [-0.15, -0.1) is 0 Å². The van der Waals surface area contributed by atoms with E-state index in [1.165, 1.54) is 21.3 Å². The molecule has 1 aromatic carbocycles. The van der Waals surface area contributed by atoms with Gasteiger partial charge in [0.25, 0.3) is 5.91 Å². The second-order valence-corrected chi connectivity index (χ2v) is 6.68. The largest absolute Gasteiger partial charge is 0.379 e. The summed E-state index contributed by atoms with van der Waals surface area (Å²) in [6, 6.07) is 6.13.